The van der Waals surface area contributed by atoms with Crippen molar-refractivity contribution in [3.8, 4) is 0 Å². The Labute approximate surface area is 242 Å². The van der Waals surface area contributed by atoms with E-state index in [4.69, 9.17) is 4.74 Å². The van der Waals surface area contributed by atoms with Crippen molar-refractivity contribution in [2.24, 2.45) is 29.1 Å². The molecule has 0 heterocycles. The standard InChI is InChI=1S/C32H58O8/c1-8-14-17-24(11-4)20-31(29(36)37,21-25(12-5)18-15-9-2)32(30(38)39,27(23(7)33)28(34)35)40-22-26(13-6)19-16-10-3/h24-27H,8-22H2,1-7H3,(H,34,35)(H,36,37)(H,38,39). The summed E-state index contributed by atoms with van der Waals surface area (Å²) in [4.78, 5) is 52.9. The maximum atomic E-state index is 13.6. The second-order valence-electron chi connectivity index (χ2n) is 11.8. The number of carbonyl (C=O) groups is 4. The smallest absolute Gasteiger partial charge is 0.338 e. The molecule has 0 aliphatic heterocycles. The maximum absolute atomic E-state index is 13.6. The molecule has 5 unspecified atom stereocenters. The summed E-state index contributed by atoms with van der Waals surface area (Å²) in [6.45, 7) is 12.9. The van der Waals surface area contributed by atoms with Crippen LogP contribution >= 0.6 is 0 Å². The molecule has 8 nitrogen and oxygen atoms in total. The highest BCUT2D eigenvalue weighted by Gasteiger charge is 2.70. The molecule has 0 aliphatic carbocycles. The summed E-state index contributed by atoms with van der Waals surface area (Å²) in [7, 11) is 0. The Hall–Kier alpha value is -1.96. The largest absolute Gasteiger partial charge is 0.481 e. The van der Waals surface area contributed by atoms with E-state index in [-0.39, 0.29) is 37.2 Å². The predicted octanol–water partition coefficient (Wildman–Crippen LogP) is 7.62. The molecule has 0 rings (SSSR count). The van der Waals surface area contributed by atoms with Crippen molar-refractivity contribution < 1.29 is 39.2 Å². The topological polar surface area (TPSA) is 138 Å². The van der Waals surface area contributed by atoms with Crippen molar-refractivity contribution in [2.45, 2.75) is 144 Å². The fourth-order valence-corrected chi connectivity index (χ4v) is 6.26. The maximum Gasteiger partial charge on any atom is 0.338 e. The van der Waals surface area contributed by atoms with Crippen LogP contribution in [0, 0.1) is 29.1 Å². The summed E-state index contributed by atoms with van der Waals surface area (Å²) < 4.78 is 6.27. The average molecular weight is 571 g/mol. The van der Waals surface area contributed by atoms with Gasteiger partial charge < -0.3 is 20.1 Å². The van der Waals surface area contributed by atoms with Gasteiger partial charge in [0.05, 0.1) is 6.61 Å². The molecule has 0 aromatic heterocycles. The van der Waals surface area contributed by atoms with Gasteiger partial charge in [-0.2, -0.15) is 0 Å². The number of carboxylic acids is 3. The zero-order valence-electron chi connectivity index (χ0n) is 26.3. The molecule has 3 N–H and O–H groups in total. The fourth-order valence-electron chi connectivity index (χ4n) is 6.26. The molecule has 0 aliphatic rings. The first-order valence-electron chi connectivity index (χ1n) is 15.7. The first-order chi connectivity index (χ1) is 18.9. The monoisotopic (exact) mass is 570 g/mol. The molecule has 8 heteroatoms. The summed E-state index contributed by atoms with van der Waals surface area (Å²) >= 11 is 0. The Morgan fingerprint density at radius 2 is 1.05 bits per heavy atom. The summed E-state index contributed by atoms with van der Waals surface area (Å²) in [5, 5.41) is 32.4. The lowest BCUT2D eigenvalue weighted by Crippen LogP contribution is -2.68. The SMILES string of the molecule is CCCCC(CC)COC(C(=O)O)(C(C(C)=O)C(=O)O)C(CC(CC)CCCC)(CC(CC)CCCC)C(=O)O. The van der Waals surface area contributed by atoms with E-state index in [2.05, 4.69) is 0 Å². The molecule has 0 saturated carbocycles. The molecule has 0 spiro atoms. The number of hydrogen-bond acceptors (Lipinski definition) is 5. The second-order valence-corrected chi connectivity index (χ2v) is 11.8. The minimum absolute atomic E-state index is 0.0590. The first-order valence-corrected chi connectivity index (χ1v) is 15.7. The number of Topliss-reactive ketones (excluding diaryl/α,β-unsaturated/α-hetero) is 1. The van der Waals surface area contributed by atoms with Crippen molar-refractivity contribution in [3.63, 3.8) is 0 Å². The van der Waals surface area contributed by atoms with E-state index in [0.717, 1.165) is 51.9 Å². The van der Waals surface area contributed by atoms with Crippen LogP contribution < -0.4 is 0 Å². The van der Waals surface area contributed by atoms with E-state index >= 15 is 0 Å². The van der Waals surface area contributed by atoms with Gasteiger partial charge in [-0.1, -0.05) is 112 Å². The molecule has 0 aromatic rings. The molecule has 0 fully saturated rings. The van der Waals surface area contributed by atoms with Gasteiger partial charge in [-0.3, -0.25) is 14.4 Å². The Bertz CT molecular complexity index is 747. The van der Waals surface area contributed by atoms with Crippen LogP contribution in [-0.4, -0.2) is 51.2 Å². The number of hydrogen-bond donors (Lipinski definition) is 3. The van der Waals surface area contributed by atoms with Gasteiger partial charge in [-0.05, 0) is 43.9 Å². The average Bonchev–Trinajstić information content (AvgIpc) is 2.90. The number of unbranched alkanes of at least 4 members (excludes halogenated alkanes) is 3. The quantitative estimate of drug-likeness (QED) is 0.0953. The third-order valence-electron chi connectivity index (χ3n) is 8.95. The number of ketones is 1. The molecule has 40 heavy (non-hydrogen) atoms. The van der Waals surface area contributed by atoms with E-state index < -0.39 is 40.6 Å². The highest BCUT2D eigenvalue weighted by atomic mass is 16.5. The lowest BCUT2D eigenvalue weighted by molar-refractivity contribution is -0.225. The predicted molar refractivity (Wildman–Crippen MR) is 157 cm³/mol. The molecule has 0 aromatic carbocycles. The zero-order chi connectivity index (χ0) is 30.9. The first kappa shape index (κ1) is 38.0. The Morgan fingerprint density at radius 3 is 1.32 bits per heavy atom. The number of aliphatic carboxylic acids is 3. The molecule has 234 valence electrons. The lowest BCUT2D eigenvalue weighted by Gasteiger charge is -2.49. The van der Waals surface area contributed by atoms with Gasteiger partial charge in [0.15, 0.2) is 5.92 Å². The van der Waals surface area contributed by atoms with Crippen molar-refractivity contribution in [2.75, 3.05) is 6.61 Å². The Morgan fingerprint density at radius 1 is 0.650 bits per heavy atom. The van der Waals surface area contributed by atoms with Gasteiger partial charge in [0.25, 0.3) is 0 Å². The van der Waals surface area contributed by atoms with E-state index in [1.54, 1.807) is 0 Å². The Kier molecular flexibility index (Phi) is 18.3. The van der Waals surface area contributed by atoms with Crippen LogP contribution in [0.15, 0.2) is 0 Å². The van der Waals surface area contributed by atoms with Crippen molar-refractivity contribution >= 4 is 23.7 Å². The van der Waals surface area contributed by atoms with E-state index in [0.29, 0.717) is 32.1 Å². The molecular weight excluding hydrogens is 512 g/mol. The molecular formula is C32H58O8. The zero-order valence-corrected chi connectivity index (χ0v) is 26.3. The third-order valence-corrected chi connectivity index (χ3v) is 8.95. The second kappa shape index (κ2) is 19.2. The number of ether oxygens (including phenoxy) is 1. The van der Waals surface area contributed by atoms with Crippen LogP contribution in [-0.2, 0) is 23.9 Å². The minimum atomic E-state index is -2.75. The summed E-state index contributed by atoms with van der Waals surface area (Å²) in [5.74, 6) is -8.22. The van der Waals surface area contributed by atoms with Crippen LogP contribution in [0.4, 0.5) is 0 Å². The van der Waals surface area contributed by atoms with E-state index in [9.17, 15) is 34.5 Å². The highest BCUT2D eigenvalue weighted by Crippen LogP contribution is 2.52. The van der Waals surface area contributed by atoms with E-state index in [1.807, 2.05) is 41.5 Å². The molecule has 0 saturated heterocycles. The fraction of sp³-hybridized carbons (Fsp3) is 0.875. The minimum Gasteiger partial charge on any atom is -0.481 e. The van der Waals surface area contributed by atoms with Crippen LogP contribution in [0.5, 0.6) is 0 Å². The normalized spacial score (nSPS) is 17.7. The van der Waals surface area contributed by atoms with Crippen LogP contribution in [0.25, 0.3) is 0 Å². The number of carboxylic acid groups (broad SMARTS) is 3. The van der Waals surface area contributed by atoms with Gasteiger partial charge in [-0.25, -0.2) is 4.79 Å². The Balaban J connectivity index is 7.57. The number of rotatable bonds is 25. The number of carbonyl (C=O) groups excluding carboxylic acids is 1. The molecule has 0 amide bonds. The van der Waals surface area contributed by atoms with E-state index in [1.165, 1.54) is 0 Å². The summed E-state index contributed by atoms with van der Waals surface area (Å²) in [6, 6.07) is 0. The molecule has 0 bridgehead atoms. The van der Waals surface area contributed by atoms with Crippen LogP contribution in [0.2, 0.25) is 0 Å². The van der Waals surface area contributed by atoms with Crippen molar-refractivity contribution in [1.82, 2.24) is 0 Å². The van der Waals surface area contributed by atoms with Gasteiger partial charge >= 0.3 is 17.9 Å². The van der Waals surface area contributed by atoms with Crippen molar-refractivity contribution in [1.29, 1.82) is 0 Å². The van der Waals surface area contributed by atoms with Crippen molar-refractivity contribution in [3.05, 3.63) is 0 Å². The molecule has 0 radical (unpaired) electrons. The summed E-state index contributed by atoms with van der Waals surface area (Å²) in [6.07, 6.45) is 9.17. The summed E-state index contributed by atoms with van der Waals surface area (Å²) in [5.41, 5.74) is -4.87. The van der Waals surface area contributed by atoms with Gasteiger partial charge in [-0.15, -0.1) is 0 Å². The van der Waals surface area contributed by atoms with Crippen LogP contribution in [0.3, 0.4) is 0 Å². The van der Waals surface area contributed by atoms with Crippen LogP contribution in [0.1, 0.15) is 138 Å². The third kappa shape index (κ3) is 9.85. The van der Waals surface area contributed by atoms with Gasteiger partial charge in [0, 0.05) is 0 Å². The molecule has 5 atom stereocenters. The van der Waals surface area contributed by atoms with Gasteiger partial charge in [0.2, 0.25) is 5.60 Å². The van der Waals surface area contributed by atoms with Gasteiger partial charge in [0.1, 0.15) is 11.2 Å². The lowest BCUT2D eigenvalue weighted by atomic mass is 9.56. The highest BCUT2D eigenvalue weighted by molar-refractivity contribution is 6.06.